The molecular formula is C21H35ClN2O. The number of ether oxygens (including phenoxy) is 1. The lowest BCUT2D eigenvalue weighted by Crippen LogP contribution is -3.00. The Morgan fingerprint density at radius 2 is 1.60 bits per heavy atom. The molecule has 0 bridgehead atoms. The SMILES string of the molecule is CCCCCCCCCCOCn1c(C)[n+](C)c2ccc(C)cc21.[Cl-]. The van der Waals surface area contributed by atoms with E-state index < -0.39 is 0 Å². The highest BCUT2D eigenvalue weighted by molar-refractivity contribution is 5.73. The van der Waals surface area contributed by atoms with Gasteiger partial charge >= 0.3 is 0 Å². The number of aromatic nitrogens is 2. The Morgan fingerprint density at radius 3 is 2.28 bits per heavy atom. The summed E-state index contributed by atoms with van der Waals surface area (Å²) in [6, 6.07) is 6.63. The fourth-order valence-electron chi connectivity index (χ4n) is 3.32. The Bertz CT molecular complexity index is 636. The third-order valence-corrected chi connectivity index (χ3v) is 5.02. The van der Waals surface area contributed by atoms with Gasteiger partial charge in [-0.1, -0.05) is 57.9 Å². The number of benzene rings is 1. The molecular weight excluding hydrogens is 332 g/mol. The van der Waals surface area contributed by atoms with E-state index in [-0.39, 0.29) is 12.4 Å². The van der Waals surface area contributed by atoms with Crippen molar-refractivity contribution in [3.05, 3.63) is 29.6 Å². The number of fused-ring (bicyclic) bond motifs is 1. The summed E-state index contributed by atoms with van der Waals surface area (Å²) in [6.45, 7) is 8.10. The average molecular weight is 367 g/mol. The smallest absolute Gasteiger partial charge is 0.255 e. The standard InChI is InChI=1S/C21H35N2O.ClH/c1-5-6-7-8-9-10-11-12-15-24-17-23-19(3)22(4)20-14-13-18(2)16-21(20)23;/h13-14,16H,5-12,15,17H2,1-4H3;1H/q+1;/p-1. The van der Waals surface area contributed by atoms with Gasteiger partial charge in [-0.05, 0) is 31.0 Å². The summed E-state index contributed by atoms with van der Waals surface area (Å²) < 4.78 is 10.5. The van der Waals surface area contributed by atoms with E-state index in [4.69, 9.17) is 4.74 Å². The van der Waals surface area contributed by atoms with Crippen molar-refractivity contribution in [3.8, 4) is 0 Å². The highest BCUT2D eigenvalue weighted by Gasteiger charge is 2.18. The zero-order chi connectivity index (χ0) is 17.4. The number of hydrogen-bond acceptors (Lipinski definition) is 1. The van der Waals surface area contributed by atoms with E-state index in [1.807, 2.05) is 0 Å². The van der Waals surface area contributed by atoms with Gasteiger partial charge in [-0.25, -0.2) is 9.13 Å². The van der Waals surface area contributed by atoms with Crippen LogP contribution in [0.15, 0.2) is 18.2 Å². The van der Waals surface area contributed by atoms with Crippen molar-refractivity contribution in [1.29, 1.82) is 0 Å². The fraction of sp³-hybridized carbons (Fsp3) is 0.667. The molecule has 0 amide bonds. The van der Waals surface area contributed by atoms with Crippen LogP contribution in [0, 0.1) is 13.8 Å². The van der Waals surface area contributed by atoms with Crippen LogP contribution in [0.5, 0.6) is 0 Å². The third-order valence-electron chi connectivity index (χ3n) is 5.02. The lowest BCUT2D eigenvalue weighted by molar-refractivity contribution is -0.652. The number of rotatable bonds is 11. The molecule has 1 aromatic carbocycles. The van der Waals surface area contributed by atoms with Gasteiger partial charge in [0.05, 0.1) is 13.7 Å². The summed E-state index contributed by atoms with van der Waals surface area (Å²) in [5.74, 6) is 1.24. The Hall–Kier alpha value is -1.06. The molecule has 0 aliphatic rings. The number of hydrogen-bond donors (Lipinski definition) is 0. The fourth-order valence-corrected chi connectivity index (χ4v) is 3.32. The van der Waals surface area contributed by atoms with Gasteiger partial charge in [0.1, 0.15) is 0 Å². The minimum atomic E-state index is 0. The Labute approximate surface area is 159 Å². The lowest BCUT2D eigenvalue weighted by atomic mass is 10.1. The molecule has 0 unspecified atom stereocenters. The first-order valence-electron chi connectivity index (χ1n) is 9.68. The molecule has 0 N–H and O–H groups in total. The van der Waals surface area contributed by atoms with Crippen LogP contribution in [0.4, 0.5) is 0 Å². The number of imidazole rings is 1. The van der Waals surface area contributed by atoms with E-state index in [1.165, 1.54) is 73.8 Å². The molecule has 0 saturated carbocycles. The molecule has 0 fully saturated rings. The largest absolute Gasteiger partial charge is 1.00 e. The highest BCUT2D eigenvalue weighted by atomic mass is 35.5. The molecule has 0 aliphatic carbocycles. The molecule has 0 atom stereocenters. The molecule has 0 aliphatic heterocycles. The molecule has 3 nitrogen and oxygen atoms in total. The average Bonchev–Trinajstić information content (AvgIpc) is 2.80. The molecule has 0 radical (unpaired) electrons. The number of unbranched alkanes of at least 4 members (excludes halogenated alkanes) is 7. The minimum Gasteiger partial charge on any atom is -1.00 e. The molecule has 142 valence electrons. The van der Waals surface area contributed by atoms with E-state index in [1.54, 1.807) is 0 Å². The first-order chi connectivity index (χ1) is 11.6. The lowest BCUT2D eigenvalue weighted by Gasteiger charge is -2.04. The second-order valence-corrected chi connectivity index (χ2v) is 7.04. The zero-order valence-corrected chi connectivity index (χ0v) is 17.2. The van der Waals surface area contributed by atoms with E-state index in [0.717, 1.165) is 6.61 Å². The molecule has 0 spiro atoms. The first kappa shape index (κ1) is 22.0. The van der Waals surface area contributed by atoms with Crippen LogP contribution >= 0.6 is 0 Å². The van der Waals surface area contributed by atoms with E-state index >= 15 is 0 Å². The first-order valence-corrected chi connectivity index (χ1v) is 9.68. The van der Waals surface area contributed by atoms with Gasteiger partial charge in [0.25, 0.3) is 5.82 Å². The van der Waals surface area contributed by atoms with Gasteiger partial charge in [0, 0.05) is 6.92 Å². The normalized spacial score (nSPS) is 11.0. The monoisotopic (exact) mass is 366 g/mol. The number of aryl methyl sites for hydroxylation is 2. The quantitative estimate of drug-likeness (QED) is 0.440. The van der Waals surface area contributed by atoms with E-state index in [9.17, 15) is 0 Å². The minimum absolute atomic E-state index is 0. The van der Waals surface area contributed by atoms with E-state index in [2.05, 4.69) is 55.2 Å². The van der Waals surface area contributed by atoms with Gasteiger partial charge in [0.15, 0.2) is 17.8 Å². The van der Waals surface area contributed by atoms with Crippen LogP contribution in [0.25, 0.3) is 11.0 Å². The van der Waals surface area contributed by atoms with Crippen LogP contribution in [0.1, 0.15) is 69.7 Å². The van der Waals surface area contributed by atoms with Crippen molar-refractivity contribution < 1.29 is 21.7 Å². The van der Waals surface area contributed by atoms with Crippen molar-refractivity contribution in [2.75, 3.05) is 6.61 Å². The van der Waals surface area contributed by atoms with Crippen LogP contribution in [0.3, 0.4) is 0 Å². The Kier molecular flexibility index (Phi) is 10.1. The molecule has 25 heavy (non-hydrogen) atoms. The van der Waals surface area contributed by atoms with E-state index in [0.29, 0.717) is 6.73 Å². The highest BCUT2D eigenvalue weighted by Crippen LogP contribution is 2.16. The summed E-state index contributed by atoms with van der Waals surface area (Å²) in [7, 11) is 2.13. The maximum atomic E-state index is 5.96. The molecule has 0 saturated heterocycles. The molecule has 1 heterocycles. The number of nitrogens with zero attached hydrogens (tertiary/aromatic N) is 2. The van der Waals surface area contributed by atoms with Crippen LogP contribution in [-0.4, -0.2) is 11.2 Å². The predicted molar refractivity (Wildman–Crippen MR) is 101 cm³/mol. The Morgan fingerprint density at radius 1 is 0.960 bits per heavy atom. The van der Waals surface area contributed by atoms with Gasteiger partial charge < -0.3 is 17.1 Å². The van der Waals surface area contributed by atoms with Gasteiger partial charge in [-0.15, -0.1) is 0 Å². The zero-order valence-electron chi connectivity index (χ0n) is 16.5. The van der Waals surface area contributed by atoms with Crippen molar-refractivity contribution in [2.45, 2.75) is 78.9 Å². The van der Waals surface area contributed by atoms with Gasteiger partial charge in [0.2, 0.25) is 0 Å². The summed E-state index contributed by atoms with van der Waals surface area (Å²) in [5.41, 5.74) is 3.84. The molecule has 2 aromatic rings. The molecule has 2 rings (SSSR count). The van der Waals surface area contributed by atoms with Gasteiger partial charge in [-0.2, -0.15) is 0 Å². The summed E-state index contributed by atoms with van der Waals surface area (Å²) in [4.78, 5) is 0. The topological polar surface area (TPSA) is 18.0 Å². The van der Waals surface area contributed by atoms with Gasteiger partial charge in [-0.3, -0.25) is 0 Å². The molecule has 1 aromatic heterocycles. The summed E-state index contributed by atoms with van der Waals surface area (Å²) in [5, 5.41) is 0. The predicted octanol–water partition coefficient (Wildman–Crippen LogP) is 2.20. The Balaban J connectivity index is 0.00000312. The third kappa shape index (κ3) is 6.31. The second kappa shape index (κ2) is 11.5. The summed E-state index contributed by atoms with van der Waals surface area (Å²) >= 11 is 0. The summed E-state index contributed by atoms with van der Waals surface area (Å²) in [6.07, 6.45) is 10.7. The van der Waals surface area contributed by atoms with Crippen molar-refractivity contribution >= 4 is 11.0 Å². The van der Waals surface area contributed by atoms with Crippen molar-refractivity contribution in [2.24, 2.45) is 7.05 Å². The van der Waals surface area contributed by atoms with Crippen LogP contribution in [-0.2, 0) is 18.5 Å². The molecule has 4 heteroatoms. The maximum absolute atomic E-state index is 5.96. The van der Waals surface area contributed by atoms with Crippen molar-refractivity contribution in [1.82, 2.24) is 4.57 Å². The van der Waals surface area contributed by atoms with Crippen LogP contribution in [0.2, 0.25) is 0 Å². The second-order valence-electron chi connectivity index (χ2n) is 7.04. The maximum Gasteiger partial charge on any atom is 0.255 e. The van der Waals surface area contributed by atoms with Crippen molar-refractivity contribution in [3.63, 3.8) is 0 Å². The van der Waals surface area contributed by atoms with Crippen LogP contribution < -0.4 is 17.0 Å². The number of halogens is 1.